The first kappa shape index (κ1) is 23.8. The van der Waals surface area contributed by atoms with E-state index < -0.39 is 0 Å². The molecular weight excluding hydrogens is 424 g/mol. The van der Waals surface area contributed by atoms with Crippen LogP contribution in [0.1, 0.15) is 50.9 Å². The van der Waals surface area contributed by atoms with Crippen molar-refractivity contribution >= 4 is 34.5 Å². The maximum absolute atomic E-state index is 12.5. The topological polar surface area (TPSA) is 94.0 Å². The smallest absolute Gasteiger partial charge is 0.251 e. The molecule has 0 fully saturated rings. The number of ether oxygens (including phenoxy) is 1. The summed E-state index contributed by atoms with van der Waals surface area (Å²) >= 11 is 1.64. The molecule has 0 bridgehead atoms. The SMILES string of the molecule is CCCNc1nc(SCCC)nc2c1cnn2CCNC(=O)c1ccc(OC(C)C)cc1. The lowest BCUT2D eigenvalue weighted by molar-refractivity contribution is 0.0952. The quantitative estimate of drug-likeness (QED) is 0.309. The number of hydrogen-bond acceptors (Lipinski definition) is 7. The summed E-state index contributed by atoms with van der Waals surface area (Å²) in [7, 11) is 0. The molecule has 8 nitrogen and oxygen atoms in total. The first-order chi connectivity index (χ1) is 15.5. The van der Waals surface area contributed by atoms with E-state index in [2.05, 4.69) is 34.6 Å². The molecule has 2 aromatic heterocycles. The van der Waals surface area contributed by atoms with Crippen LogP contribution in [-0.4, -0.2) is 50.6 Å². The van der Waals surface area contributed by atoms with E-state index in [1.54, 1.807) is 30.1 Å². The van der Waals surface area contributed by atoms with Crippen molar-refractivity contribution in [2.75, 3.05) is 24.2 Å². The molecule has 32 heavy (non-hydrogen) atoms. The number of nitrogens with one attached hydrogen (secondary N) is 2. The van der Waals surface area contributed by atoms with Crippen molar-refractivity contribution in [3.8, 4) is 5.75 Å². The van der Waals surface area contributed by atoms with Crippen LogP contribution in [0.15, 0.2) is 35.6 Å². The van der Waals surface area contributed by atoms with Crippen molar-refractivity contribution in [1.29, 1.82) is 0 Å². The summed E-state index contributed by atoms with van der Waals surface area (Å²) in [6.07, 6.45) is 3.95. The number of nitrogens with zero attached hydrogens (tertiary/aromatic N) is 4. The van der Waals surface area contributed by atoms with E-state index in [9.17, 15) is 4.79 Å². The predicted molar refractivity (Wildman–Crippen MR) is 130 cm³/mol. The molecule has 9 heteroatoms. The number of benzene rings is 1. The molecule has 2 heterocycles. The van der Waals surface area contributed by atoms with Crippen molar-refractivity contribution in [3.63, 3.8) is 0 Å². The second-order valence-electron chi connectivity index (χ2n) is 7.68. The monoisotopic (exact) mass is 456 g/mol. The number of amides is 1. The fourth-order valence-corrected chi connectivity index (χ4v) is 3.76. The average molecular weight is 457 g/mol. The highest BCUT2D eigenvalue weighted by Gasteiger charge is 2.14. The van der Waals surface area contributed by atoms with E-state index in [0.717, 1.165) is 52.9 Å². The van der Waals surface area contributed by atoms with E-state index >= 15 is 0 Å². The Hall–Kier alpha value is -2.81. The van der Waals surface area contributed by atoms with Gasteiger partial charge in [0.25, 0.3) is 5.91 Å². The van der Waals surface area contributed by atoms with Gasteiger partial charge >= 0.3 is 0 Å². The van der Waals surface area contributed by atoms with Crippen molar-refractivity contribution in [2.24, 2.45) is 0 Å². The molecule has 0 aliphatic carbocycles. The predicted octanol–water partition coefficient (Wildman–Crippen LogP) is 4.37. The number of hydrogen-bond donors (Lipinski definition) is 2. The molecule has 3 rings (SSSR count). The van der Waals surface area contributed by atoms with Gasteiger partial charge in [0.05, 0.1) is 24.2 Å². The Morgan fingerprint density at radius 3 is 2.59 bits per heavy atom. The maximum Gasteiger partial charge on any atom is 0.251 e. The van der Waals surface area contributed by atoms with Gasteiger partial charge < -0.3 is 15.4 Å². The van der Waals surface area contributed by atoms with E-state index in [4.69, 9.17) is 9.72 Å². The third kappa shape index (κ3) is 6.35. The molecule has 0 atom stereocenters. The van der Waals surface area contributed by atoms with Crippen molar-refractivity contribution in [1.82, 2.24) is 25.1 Å². The number of thioether (sulfide) groups is 1. The Balaban J connectivity index is 1.66. The molecule has 0 aliphatic rings. The summed E-state index contributed by atoms with van der Waals surface area (Å²) in [6.45, 7) is 10.0. The van der Waals surface area contributed by atoms with Gasteiger partial charge in [0.2, 0.25) is 0 Å². The molecule has 0 unspecified atom stereocenters. The zero-order valence-corrected chi connectivity index (χ0v) is 20.0. The van der Waals surface area contributed by atoms with Crippen LogP contribution < -0.4 is 15.4 Å². The summed E-state index contributed by atoms with van der Waals surface area (Å²) in [4.78, 5) is 21.9. The minimum Gasteiger partial charge on any atom is -0.491 e. The summed E-state index contributed by atoms with van der Waals surface area (Å²) in [6, 6.07) is 7.17. The fourth-order valence-electron chi connectivity index (χ4n) is 3.07. The van der Waals surface area contributed by atoms with Crippen LogP contribution in [0.5, 0.6) is 5.75 Å². The lowest BCUT2D eigenvalue weighted by atomic mass is 10.2. The molecular formula is C23H32N6O2S. The maximum atomic E-state index is 12.5. The number of fused-ring (bicyclic) bond motifs is 1. The van der Waals surface area contributed by atoms with Crippen molar-refractivity contribution in [3.05, 3.63) is 36.0 Å². The van der Waals surface area contributed by atoms with Gasteiger partial charge in [-0.2, -0.15) is 5.10 Å². The number of carbonyl (C=O) groups is 1. The summed E-state index contributed by atoms with van der Waals surface area (Å²) in [5, 5.41) is 12.5. The Kier molecular flexibility index (Phi) is 8.72. The molecule has 0 saturated carbocycles. The molecule has 3 aromatic rings. The second-order valence-corrected chi connectivity index (χ2v) is 8.74. The number of aromatic nitrogens is 4. The Morgan fingerprint density at radius 2 is 1.91 bits per heavy atom. The molecule has 2 N–H and O–H groups in total. The number of anilines is 1. The van der Waals surface area contributed by atoms with Crippen LogP contribution in [0.4, 0.5) is 5.82 Å². The second kappa shape index (κ2) is 11.7. The number of carbonyl (C=O) groups excluding carboxylic acids is 1. The molecule has 0 saturated heterocycles. The van der Waals surface area contributed by atoms with Crippen molar-refractivity contribution < 1.29 is 9.53 Å². The summed E-state index contributed by atoms with van der Waals surface area (Å²) in [5.41, 5.74) is 1.37. The van der Waals surface area contributed by atoms with Crippen LogP contribution in [0.25, 0.3) is 11.0 Å². The minimum absolute atomic E-state index is 0.0981. The minimum atomic E-state index is -0.128. The largest absolute Gasteiger partial charge is 0.491 e. The van der Waals surface area contributed by atoms with E-state index in [-0.39, 0.29) is 12.0 Å². The Bertz CT molecular complexity index is 1020. The fraction of sp³-hybridized carbons (Fsp3) is 0.478. The summed E-state index contributed by atoms with van der Waals surface area (Å²) in [5.74, 6) is 2.40. The highest BCUT2D eigenvalue weighted by molar-refractivity contribution is 7.99. The van der Waals surface area contributed by atoms with Gasteiger partial charge in [-0.15, -0.1) is 0 Å². The molecule has 0 radical (unpaired) electrons. The highest BCUT2D eigenvalue weighted by Crippen LogP contribution is 2.24. The standard InChI is InChI=1S/C23H32N6O2S/c1-5-11-24-20-19-15-26-29(21(19)28-23(27-20)32-14-6-2)13-12-25-22(30)17-7-9-18(10-8-17)31-16(3)4/h7-10,15-16H,5-6,11-14H2,1-4H3,(H,25,30)(H,24,27,28). The van der Waals surface area contributed by atoms with Gasteiger partial charge in [-0.25, -0.2) is 14.6 Å². The van der Waals surface area contributed by atoms with E-state index in [0.29, 0.717) is 18.7 Å². The van der Waals surface area contributed by atoms with Gasteiger partial charge in [-0.05, 0) is 51.0 Å². The Morgan fingerprint density at radius 1 is 1.12 bits per heavy atom. The van der Waals surface area contributed by atoms with Gasteiger partial charge in [0, 0.05) is 24.4 Å². The molecule has 172 valence electrons. The summed E-state index contributed by atoms with van der Waals surface area (Å²) < 4.78 is 7.45. The van der Waals surface area contributed by atoms with Gasteiger partial charge in [0.15, 0.2) is 10.8 Å². The molecule has 1 aromatic carbocycles. The van der Waals surface area contributed by atoms with Crippen LogP contribution in [0.2, 0.25) is 0 Å². The zero-order chi connectivity index (χ0) is 22.9. The van der Waals surface area contributed by atoms with Crippen molar-refractivity contribution in [2.45, 2.75) is 58.3 Å². The third-order valence-electron chi connectivity index (χ3n) is 4.55. The average Bonchev–Trinajstić information content (AvgIpc) is 3.19. The molecule has 0 spiro atoms. The van der Waals surface area contributed by atoms with Crippen LogP contribution in [0.3, 0.4) is 0 Å². The van der Waals surface area contributed by atoms with Crippen LogP contribution in [0, 0.1) is 0 Å². The lowest BCUT2D eigenvalue weighted by Gasteiger charge is -2.11. The van der Waals surface area contributed by atoms with Crippen LogP contribution in [-0.2, 0) is 6.54 Å². The van der Waals surface area contributed by atoms with Gasteiger partial charge in [0.1, 0.15) is 11.6 Å². The Labute approximate surface area is 193 Å². The molecule has 0 aliphatic heterocycles. The third-order valence-corrected chi connectivity index (χ3v) is 5.60. The zero-order valence-electron chi connectivity index (χ0n) is 19.2. The number of rotatable bonds is 12. The first-order valence-corrected chi connectivity index (χ1v) is 12.2. The van der Waals surface area contributed by atoms with Gasteiger partial charge in [-0.3, -0.25) is 4.79 Å². The normalized spacial score (nSPS) is 11.2. The lowest BCUT2D eigenvalue weighted by Crippen LogP contribution is -2.27. The van der Waals surface area contributed by atoms with Crippen LogP contribution >= 0.6 is 11.8 Å². The van der Waals surface area contributed by atoms with Gasteiger partial charge in [-0.1, -0.05) is 25.6 Å². The molecule has 1 amide bonds. The van der Waals surface area contributed by atoms with E-state index in [1.807, 2.05) is 30.7 Å². The highest BCUT2D eigenvalue weighted by atomic mass is 32.2. The van der Waals surface area contributed by atoms with E-state index in [1.165, 1.54) is 0 Å². The first-order valence-electron chi connectivity index (χ1n) is 11.2.